The number of nitrogens with zero attached hydrogens (tertiary/aromatic N) is 3. The topological polar surface area (TPSA) is 142 Å². The van der Waals surface area contributed by atoms with E-state index in [0.29, 0.717) is 0 Å². The maximum absolute atomic E-state index is 12.4. The highest BCUT2D eigenvalue weighted by Crippen LogP contribution is 2.44. The second kappa shape index (κ2) is 10.7. The molecular weight excluding hydrogens is 452 g/mol. The molecule has 10 heteroatoms. The fraction of sp³-hybridized carbons (Fsp3) is 0.240. The van der Waals surface area contributed by atoms with Gasteiger partial charge in [0, 0.05) is 24.9 Å². The molecular formula is C25H24N4O6. The van der Waals surface area contributed by atoms with Crippen LogP contribution in [0.25, 0.3) is 11.1 Å². The van der Waals surface area contributed by atoms with E-state index in [2.05, 4.69) is 27.4 Å². The van der Waals surface area contributed by atoms with Gasteiger partial charge in [-0.15, -0.1) is 0 Å². The van der Waals surface area contributed by atoms with Gasteiger partial charge in [-0.2, -0.15) is 0 Å². The van der Waals surface area contributed by atoms with E-state index in [1.54, 1.807) is 0 Å². The van der Waals surface area contributed by atoms with Crippen LogP contribution in [-0.4, -0.2) is 69.4 Å². The van der Waals surface area contributed by atoms with Crippen molar-refractivity contribution in [1.82, 2.24) is 20.2 Å². The summed E-state index contributed by atoms with van der Waals surface area (Å²) < 4.78 is 5.47. The normalized spacial score (nSPS) is 11.9. The van der Waals surface area contributed by atoms with Crippen molar-refractivity contribution in [3.05, 3.63) is 83.4 Å². The van der Waals surface area contributed by atoms with E-state index in [1.165, 1.54) is 12.4 Å². The SMILES string of the molecule is O=C(O)CN(CCO)C(=O)c1cnc(CNC(=O)OCC2c3ccccc3-c3ccccc32)nc1. The molecule has 0 atom stereocenters. The summed E-state index contributed by atoms with van der Waals surface area (Å²) in [4.78, 5) is 44.7. The minimum Gasteiger partial charge on any atom is -0.480 e. The number of carboxylic acid groups (broad SMARTS) is 1. The van der Waals surface area contributed by atoms with E-state index < -0.39 is 24.5 Å². The molecule has 3 aromatic rings. The fourth-order valence-electron chi connectivity index (χ4n) is 4.08. The summed E-state index contributed by atoms with van der Waals surface area (Å²) in [6, 6.07) is 16.1. The van der Waals surface area contributed by atoms with Crippen LogP contribution in [0.2, 0.25) is 0 Å². The van der Waals surface area contributed by atoms with Crippen molar-refractivity contribution >= 4 is 18.0 Å². The van der Waals surface area contributed by atoms with E-state index >= 15 is 0 Å². The highest BCUT2D eigenvalue weighted by molar-refractivity contribution is 5.95. The molecule has 10 nitrogen and oxygen atoms in total. The number of aliphatic hydroxyl groups excluding tert-OH is 1. The van der Waals surface area contributed by atoms with Crippen LogP contribution in [0.3, 0.4) is 0 Å². The lowest BCUT2D eigenvalue weighted by atomic mass is 9.98. The Morgan fingerprint density at radius 3 is 2.14 bits per heavy atom. The molecule has 1 aliphatic rings. The summed E-state index contributed by atoms with van der Waals surface area (Å²) in [5.41, 5.74) is 4.58. The number of alkyl carbamates (subject to hydrolysis) is 1. The number of ether oxygens (including phenoxy) is 1. The van der Waals surface area contributed by atoms with Crippen LogP contribution in [0.15, 0.2) is 60.9 Å². The fourth-order valence-corrected chi connectivity index (χ4v) is 4.08. The van der Waals surface area contributed by atoms with Crippen LogP contribution in [0.4, 0.5) is 4.79 Å². The lowest BCUT2D eigenvalue weighted by Crippen LogP contribution is -2.37. The molecule has 0 spiro atoms. The molecule has 2 aromatic carbocycles. The molecule has 1 heterocycles. The summed E-state index contributed by atoms with van der Waals surface area (Å²) in [5.74, 6) is -1.61. The second-order valence-electron chi connectivity index (χ2n) is 7.91. The summed E-state index contributed by atoms with van der Waals surface area (Å²) in [5, 5.41) is 20.6. The number of hydrogen-bond acceptors (Lipinski definition) is 7. The number of nitrogens with one attached hydrogen (secondary N) is 1. The minimum atomic E-state index is -1.20. The molecule has 1 aliphatic carbocycles. The summed E-state index contributed by atoms with van der Waals surface area (Å²) in [6.45, 7) is -0.887. The Labute approximate surface area is 201 Å². The molecule has 0 bridgehead atoms. The van der Waals surface area contributed by atoms with E-state index in [4.69, 9.17) is 14.9 Å². The standard InChI is InChI=1S/C25H24N4O6/c30-10-9-29(14-23(31)32)24(33)16-11-26-22(27-12-16)13-28-25(34)35-15-21-19-7-3-1-5-17(19)18-6-2-4-8-20(18)21/h1-8,11-12,21,30H,9-10,13-15H2,(H,28,34)(H,31,32). The molecule has 4 rings (SSSR count). The van der Waals surface area contributed by atoms with Gasteiger partial charge in [0.1, 0.15) is 19.0 Å². The minimum absolute atomic E-state index is 0.0133. The van der Waals surface area contributed by atoms with Crippen LogP contribution in [0.5, 0.6) is 0 Å². The largest absolute Gasteiger partial charge is 0.480 e. The van der Waals surface area contributed by atoms with Crippen molar-refractivity contribution in [2.24, 2.45) is 0 Å². The van der Waals surface area contributed by atoms with Crippen molar-refractivity contribution < 1.29 is 29.3 Å². The third kappa shape index (κ3) is 5.44. The average molecular weight is 476 g/mol. The molecule has 0 saturated carbocycles. The monoisotopic (exact) mass is 476 g/mol. The predicted octanol–water partition coefficient (Wildman–Crippen LogP) is 2.03. The Morgan fingerprint density at radius 2 is 1.57 bits per heavy atom. The Balaban J connectivity index is 1.32. The van der Waals surface area contributed by atoms with Crippen LogP contribution in [-0.2, 0) is 16.1 Å². The van der Waals surface area contributed by atoms with Gasteiger partial charge in [-0.3, -0.25) is 9.59 Å². The quantitative estimate of drug-likeness (QED) is 0.426. The Bertz CT molecular complexity index is 1190. The van der Waals surface area contributed by atoms with Crippen molar-refractivity contribution in [2.75, 3.05) is 26.3 Å². The van der Waals surface area contributed by atoms with Crippen molar-refractivity contribution in [1.29, 1.82) is 0 Å². The average Bonchev–Trinajstić information content (AvgIpc) is 3.19. The molecule has 0 radical (unpaired) electrons. The van der Waals surface area contributed by atoms with Gasteiger partial charge in [0.2, 0.25) is 0 Å². The number of carbonyl (C=O) groups excluding carboxylic acids is 2. The van der Waals surface area contributed by atoms with Crippen LogP contribution in [0.1, 0.15) is 33.2 Å². The molecule has 1 aromatic heterocycles. The lowest BCUT2D eigenvalue weighted by Gasteiger charge is -2.19. The summed E-state index contributed by atoms with van der Waals surface area (Å²) >= 11 is 0. The molecule has 0 saturated heterocycles. The molecule has 3 N–H and O–H groups in total. The van der Waals surface area contributed by atoms with Crippen LogP contribution >= 0.6 is 0 Å². The first-order chi connectivity index (χ1) is 17.0. The van der Waals surface area contributed by atoms with E-state index in [-0.39, 0.29) is 43.6 Å². The van der Waals surface area contributed by atoms with E-state index in [1.807, 2.05) is 36.4 Å². The molecule has 35 heavy (non-hydrogen) atoms. The second-order valence-corrected chi connectivity index (χ2v) is 7.91. The van der Waals surface area contributed by atoms with Gasteiger partial charge in [0.15, 0.2) is 0 Å². The van der Waals surface area contributed by atoms with Gasteiger partial charge in [-0.1, -0.05) is 48.5 Å². The number of aliphatic hydroxyl groups is 1. The van der Waals surface area contributed by atoms with Gasteiger partial charge >= 0.3 is 12.1 Å². The number of amides is 2. The third-order valence-electron chi connectivity index (χ3n) is 5.67. The number of carbonyl (C=O) groups is 3. The number of fused-ring (bicyclic) bond motifs is 3. The maximum Gasteiger partial charge on any atom is 0.407 e. The zero-order valence-electron chi connectivity index (χ0n) is 18.8. The molecule has 0 unspecified atom stereocenters. The summed E-state index contributed by atoms with van der Waals surface area (Å²) in [7, 11) is 0. The van der Waals surface area contributed by atoms with Gasteiger partial charge in [0.25, 0.3) is 5.91 Å². The maximum atomic E-state index is 12.4. The van der Waals surface area contributed by atoms with Crippen LogP contribution in [0, 0.1) is 0 Å². The van der Waals surface area contributed by atoms with E-state index in [0.717, 1.165) is 27.2 Å². The number of aromatic nitrogens is 2. The molecule has 2 amide bonds. The zero-order valence-corrected chi connectivity index (χ0v) is 18.8. The van der Waals surface area contributed by atoms with Gasteiger partial charge in [-0.25, -0.2) is 14.8 Å². The number of carboxylic acids is 1. The zero-order chi connectivity index (χ0) is 24.8. The van der Waals surface area contributed by atoms with E-state index in [9.17, 15) is 14.4 Å². The Morgan fingerprint density at radius 1 is 0.971 bits per heavy atom. The first-order valence-corrected chi connectivity index (χ1v) is 11.0. The predicted molar refractivity (Wildman–Crippen MR) is 125 cm³/mol. The molecule has 0 fully saturated rings. The third-order valence-corrected chi connectivity index (χ3v) is 5.67. The van der Waals surface area contributed by atoms with Gasteiger partial charge < -0.3 is 25.2 Å². The first kappa shape index (κ1) is 23.8. The number of aliphatic carboxylic acids is 1. The lowest BCUT2D eigenvalue weighted by molar-refractivity contribution is -0.137. The number of rotatable bonds is 9. The van der Waals surface area contributed by atoms with Gasteiger partial charge in [0.05, 0.1) is 18.7 Å². The Kier molecular flexibility index (Phi) is 7.32. The number of hydrogen-bond donors (Lipinski definition) is 3. The molecule has 0 aliphatic heterocycles. The van der Waals surface area contributed by atoms with Crippen LogP contribution < -0.4 is 5.32 Å². The van der Waals surface area contributed by atoms with Crippen molar-refractivity contribution in [3.8, 4) is 11.1 Å². The molecule has 180 valence electrons. The smallest absolute Gasteiger partial charge is 0.407 e. The van der Waals surface area contributed by atoms with Crippen molar-refractivity contribution in [3.63, 3.8) is 0 Å². The van der Waals surface area contributed by atoms with Gasteiger partial charge in [-0.05, 0) is 22.3 Å². The highest BCUT2D eigenvalue weighted by Gasteiger charge is 2.29. The van der Waals surface area contributed by atoms with Crippen molar-refractivity contribution in [2.45, 2.75) is 12.5 Å². The first-order valence-electron chi connectivity index (χ1n) is 11.0. The highest BCUT2D eigenvalue weighted by atomic mass is 16.5. The summed E-state index contributed by atoms with van der Waals surface area (Å²) in [6.07, 6.45) is 1.87. The Hall–Kier alpha value is -4.31. The number of benzene rings is 2.